The highest BCUT2D eigenvalue weighted by molar-refractivity contribution is 5.97. The fraction of sp³-hybridized carbons (Fsp3) is 0.308. The third kappa shape index (κ3) is 4.71. The van der Waals surface area contributed by atoms with Crippen molar-refractivity contribution in [2.75, 3.05) is 24.5 Å². The predicted molar refractivity (Wildman–Crippen MR) is 128 cm³/mol. The third-order valence-electron chi connectivity index (χ3n) is 5.59. The van der Waals surface area contributed by atoms with E-state index in [0.29, 0.717) is 6.54 Å². The molecule has 0 saturated heterocycles. The van der Waals surface area contributed by atoms with Gasteiger partial charge in [0, 0.05) is 54.9 Å². The number of hydrogen-bond donors (Lipinski definition) is 2. The molecule has 5 heteroatoms. The summed E-state index contributed by atoms with van der Waals surface area (Å²) in [6.45, 7) is 7.23. The predicted octanol–water partition coefficient (Wildman–Crippen LogP) is 5.16. The quantitative estimate of drug-likeness (QED) is 0.535. The lowest BCUT2D eigenvalue weighted by atomic mass is 10.1. The normalized spacial score (nSPS) is 13.3. The van der Waals surface area contributed by atoms with Crippen LogP contribution in [0.4, 0.5) is 5.69 Å². The number of para-hydroxylation sites is 1. The second-order valence-corrected chi connectivity index (χ2v) is 7.93. The summed E-state index contributed by atoms with van der Waals surface area (Å²) >= 11 is 0. The fourth-order valence-electron chi connectivity index (χ4n) is 4.14. The average Bonchev–Trinajstić information content (AvgIpc) is 3.24. The van der Waals surface area contributed by atoms with Gasteiger partial charge in [-0.25, -0.2) is 0 Å². The summed E-state index contributed by atoms with van der Waals surface area (Å²) in [5, 5.41) is 2.90. The molecule has 1 aromatic carbocycles. The fourth-order valence-corrected chi connectivity index (χ4v) is 4.14. The Balaban J connectivity index is 1.60. The molecule has 0 spiro atoms. The molecule has 160 valence electrons. The Morgan fingerprint density at radius 1 is 1.06 bits per heavy atom. The summed E-state index contributed by atoms with van der Waals surface area (Å²) < 4.78 is 0. The van der Waals surface area contributed by atoms with E-state index in [1.807, 2.05) is 18.3 Å². The molecule has 1 amide bonds. The topological polar surface area (TPSA) is 61.0 Å². The van der Waals surface area contributed by atoms with Gasteiger partial charge in [0.1, 0.15) is 0 Å². The average molecular weight is 415 g/mol. The lowest BCUT2D eigenvalue weighted by Crippen LogP contribution is -2.31. The number of nitrogens with one attached hydrogen (secondary N) is 2. The van der Waals surface area contributed by atoms with Crippen LogP contribution in [-0.4, -0.2) is 35.5 Å². The Kier molecular flexibility index (Phi) is 6.51. The maximum Gasteiger partial charge on any atom is 0.253 e. The molecule has 0 bridgehead atoms. The summed E-state index contributed by atoms with van der Waals surface area (Å²) in [7, 11) is 0. The number of rotatable bonds is 8. The molecule has 1 aliphatic rings. The van der Waals surface area contributed by atoms with Crippen LogP contribution < -0.4 is 10.2 Å². The number of aromatic nitrogens is 2. The molecule has 0 saturated carbocycles. The van der Waals surface area contributed by atoms with Gasteiger partial charge in [-0.05, 0) is 48.7 Å². The summed E-state index contributed by atoms with van der Waals surface area (Å²) in [4.78, 5) is 22.5. The molecule has 0 fully saturated rings. The maximum absolute atomic E-state index is 12.1. The number of hydrogen-bond acceptors (Lipinski definition) is 3. The Morgan fingerprint density at radius 3 is 2.65 bits per heavy atom. The zero-order chi connectivity index (χ0) is 21.6. The smallest absolute Gasteiger partial charge is 0.253 e. The minimum Gasteiger partial charge on any atom is -0.371 e. The van der Waals surface area contributed by atoms with Crippen LogP contribution >= 0.6 is 0 Å². The van der Waals surface area contributed by atoms with Crippen LogP contribution in [0.15, 0.2) is 48.7 Å². The highest BCUT2D eigenvalue weighted by Gasteiger charge is 2.19. The highest BCUT2D eigenvalue weighted by atomic mass is 16.1. The van der Waals surface area contributed by atoms with Crippen molar-refractivity contribution in [2.45, 2.75) is 33.1 Å². The molecule has 31 heavy (non-hydrogen) atoms. The number of carbonyl (C=O) groups is 1. The van der Waals surface area contributed by atoms with Crippen LogP contribution in [0.3, 0.4) is 0 Å². The highest BCUT2D eigenvalue weighted by Crippen LogP contribution is 2.26. The van der Waals surface area contributed by atoms with Crippen molar-refractivity contribution in [1.82, 2.24) is 15.3 Å². The maximum atomic E-state index is 12.1. The van der Waals surface area contributed by atoms with Gasteiger partial charge in [-0.2, -0.15) is 0 Å². The number of aromatic amines is 1. The summed E-state index contributed by atoms with van der Waals surface area (Å²) in [6, 6.07) is 14.5. The largest absolute Gasteiger partial charge is 0.371 e. The molecule has 3 aromatic rings. The number of nitrogens with zero attached hydrogens (tertiary/aromatic N) is 2. The van der Waals surface area contributed by atoms with Gasteiger partial charge in [0.2, 0.25) is 0 Å². The Bertz CT molecular complexity index is 1080. The molecule has 2 aromatic heterocycles. The molecule has 0 atom stereocenters. The van der Waals surface area contributed by atoms with Crippen molar-refractivity contribution in [1.29, 1.82) is 0 Å². The first-order chi connectivity index (χ1) is 15.2. The van der Waals surface area contributed by atoms with E-state index in [4.69, 9.17) is 0 Å². The molecule has 0 unspecified atom stereocenters. The van der Waals surface area contributed by atoms with Crippen LogP contribution in [0, 0.1) is 0 Å². The number of H-pyrrole nitrogens is 1. The van der Waals surface area contributed by atoms with Crippen molar-refractivity contribution < 1.29 is 4.79 Å². The first kappa shape index (κ1) is 20.9. The minimum atomic E-state index is -0.00162. The third-order valence-corrected chi connectivity index (χ3v) is 5.59. The van der Waals surface area contributed by atoms with E-state index in [2.05, 4.69) is 76.5 Å². The molecule has 0 aliphatic carbocycles. The number of carbonyl (C=O) groups excluding carboxylic acids is 1. The summed E-state index contributed by atoms with van der Waals surface area (Å²) in [5.74, 6) is -0.00162. The number of amides is 1. The van der Waals surface area contributed by atoms with Gasteiger partial charge in [0.05, 0.1) is 11.3 Å². The van der Waals surface area contributed by atoms with Gasteiger partial charge < -0.3 is 15.2 Å². The second-order valence-electron chi connectivity index (χ2n) is 7.93. The first-order valence-corrected chi connectivity index (χ1v) is 11.2. The van der Waals surface area contributed by atoms with Crippen molar-refractivity contribution in [2.24, 2.45) is 0 Å². The van der Waals surface area contributed by atoms with Gasteiger partial charge in [-0.15, -0.1) is 0 Å². The van der Waals surface area contributed by atoms with Gasteiger partial charge in [-0.3, -0.25) is 9.78 Å². The number of anilines is 1. The monoisotopic (exact) mass is 414 g/mol. The van der Waals surface area contributed by atoms with Crippen molar-refractivity contribution in [3.8, 4) is 11.3 Å². The molecule has 2 N–H and O–H groups in total. The summed E-state index contributed by atoms with van der Waals surface area (Å²) in [5.41, 5.74) is 7.09. The van der Waals surface area contributed by atoms with Crippen molar-refractivity contribution in [3.05, 3.63) is 71.2 Å². The van der Waals surface area contributed by atoms with E-state index in [1.165, 1.54) is 11.3 Å². The van der Waals surface area contributed by atoms with E-state index in [1.54, 1.807) is 0 Å². The Hall–Kier alpha value is -3.34. The van der Waals surface area contributed by atoms with Gasteiger partial charge in [-0.1, -0.05) is 38.1 Å². The minimum absolute atomic E-state index is 0.00162. The van der Waals surface area contributed by atoms with Crippen LogP contribution in [0.1, 0.15) is 54.0 Å². The van der Waals surface area contributed by atoms with Gasteiger partial charge in [0.25, 0.3) is 5.91 Å². The lowest BCUT2D eigenvalue weighted by molar-refractivity contribution is 0.0946. The molecular weight excluding hydrogens is 384 g/mol. The zero-order valence-corrected chi connectivity index (χ0v) is 18.3. The van der Waals surface area contributed by atoms with E-state index >= 15 is 0 Å². The van der Waals surface area contributed by atoms with Crippen LogP contribution in [0.2, 0.25) is 0 Å². The van der Waals surface area contributed by atoms with Crippen molar-refractivity contribution in [3.63, 3.8) is 0 Å². The Morgan fingerprint density at radius 2 is 1.87 bits per heavy atom. The number of fused-ring (bicyclic) bond motifs is 1. The van der Waals surface area contributed by atoms with E-state index in [9.17, 15) is 4.79 Å². The van der Waals surface area contributed by atoms with Crippen LogP contribution in [-0.2, 0) is 6.42 Å². The number of pyridine rings is 1. The van der Waals surface area contributed by atoms with E-state index in [-0.39, 0.29) is 5.91 Å². The number of benzene rings is 1. The van der Waals surface area contributed by atoms with Crippen LogP contribution in [0.25, 0.3) is 23.4 Å². The second kappa shape index (κ2) is 9.65. The molecule has 5 nitrogen and oxygen atoms in total. The first-order valence-electron chi connectivity index (χ1n) is 11.2. The standard InChI is InChI=1S/C26H30N4O/c1-3-15-30(16-4-2)25-8-6-5-7-19(25)9-10-21-17-20(11-13-27-21)24-18-22-23(29-24)12-14-28-26(22)31/h5-11,13,17-18,29H,3-4,12,14-16H2,1-2H3,(H,28,31). The van der Waals surface area contributed by atoms with Gasteiger partial charge in [0.15, 0.2) is 0 Å². The van der Waals surface area contributed by atoms with Gasteiger partial charge >= 0.3 is 0 Å². The Labute approximate surface area is 184 Å². The molecular formula is C26H30N4O. The van der Waals surface area contributed by atoms with E-state index in [0.717, 1.165) is 60.6 Å². The summed E-state index contributed by atoms with van der Waals surface area (Å²) in [6.07, 6.45) is 9.11. The SMILES string of the molecule is CCCN(CCC)c1ccccc1C=Cc1cc(-c2cc3c([nH]2)CCNC3=O)ccn1. The molecule has 4 rings (SSSR count). The molecule has 1 aliphatic heterocycles. The molecule has 0 radical (unpaired) electrons. The molecule has 3 heterocycles. The lowest BCUT2D eigenvalue weighted by Gasteiger charge is -2.25. The zero-order valence-electron chi connectivity index (χ0n) is 18.3. The van der Waals surface area contributed by atoms with Crippen molar-refractivity contribution >= 4 is 23.7 Å². The van der Waals surface area contributed by atoms with E-state index < -0.39 is 0 Å². The van der Waals surface area contributed by atoms with Crippen LogP contribution in [0.5, 0.6) is 0 Å².